The molecule has 3 rings (SSSR count). The summed E-state index contributed by atoms with van der Waals surface area (Å²) in [5, 5.41) is 6.62. The van der Waals surface area contributed by atoms with Crippen LogP contribution in [0.4, 0.5) is 0 Å². The number of hydrogen-bond acceptors (Lipinski definition) is 5. The third kappa shape index (κ3) is 8.91. The molecular weight excluding hydrogens is 471 g/mol. The quantitative estimate of drug-likeness (QED) is 0.209. The molecule has 8 heteroatoms. The first kappa shape index (κ1) is 23.2. The smallest absolute Gasteiger partial charge is 0.213 e. The van der Waals surface area contributed by atoms with Crippen LogP contribution in [0, 0.1) is 5.92 Å². The molecule has 0 radical (unpaired) electrons. The van der Waals surface area contributed by atoms with Gasteiger partial charge in [0.05, 0.1) is 25.9 Å². The Morgan fingerprint density at radius 3 is 2.86 bits per heavy atom. The predicted octanol–water partition coefficient (Wildman–Crippen LogP) is 2.74. The molecule has 1 atom stereocenters. The number of guanidine groups is 1. The number of nitrogens with one attached hydrogen (secondary N) is 2. The van der Waals surface area contributed by atoms with Gasteiger partial charge in [-0.1, -0.05) is 6.07 Å². The lowest BCUT2D eigenvalue weighted by molar-refractivity contribution is 0.0420. The van der Waals surface area contributed by atoms with E-state index in [2.05, 4.69) is 27.5 Å². The van der Waals surface area contributed by atoms with E-state index in [0.29, 0.717) is 12.4 Å². The average Bonchev–Trinajstić information content (AvgIpc) is 3.38. The van der Waals surface area contributed by atoms with Crippen molar-refractivity contribution in [2.24, 2.45) is 10.9 Å². The Morgan fingerprint density at radius 2 is 2.18 bits per heavy atom. The summed E-state index contributed by atoms with van der Waals surface area (Å²) >= 11 is 0. The normalized spacial score (nSPS) is 19.2. The molecule has 1 unspecified atom stereocenters. The van der Waals surface area contributed by atoms with Gasteiger partial charge in [0.1, 0.15) is 0 Å². The number of ether oxygens (including phenoxy) is 3. The minimum atomic E-state index is 0. The summed E-state index contributed by atoms with van der Waals surface area (Å²) < 4.78 is 16.8. The summed E-state index contributed by atoms with van der Waals surface area (Å²) in [6, 6.07) is 3.96. The van der Waals surface area contributed by atoms with Gasteiger partial charge >= 0.3 is 0 Å². The van der Waals surface area contributed by atoms with Gasteiger partial charge in [-0.25, -0.2) is 9.98 Å². The molecule has 1 aromatic heterocycles. The molecule has 28 heavy (non-hydrogen) atoms. The van der Waals surface area contributed by atoms with E-state index in [1.165, 1.54) is 12.8 Å². The van der Waals surface area contributed by atoms with E-state index in [4.69, 9.17) is 14.2 Å². The SMILES string of the molecule is CCNC(=NCc1ccc(OCC2CC2)nc1)NCCCOC1CCOC1.I. The Bertz CT molecular complexity index is 575. The van der Waals surface area contributed by atoms with Crippen LogP contribution < -0.4 is 15.4 Å². The van der Waals surface area contributed by atoms with Crippen LogP contribution in [0.25, 0.3) is 0 Å². The van der Waals surface area contributed by atoms with Crippen molar-refractivity contribution in [1.29, 1.82) is 0 Å². The van der Waals surface area contributed by atoms with E-state index >= 15 is 0 Å². The molecule has 0 aromatic carbocycles. The predicted molar refractivity (Wildman–Crippen MR) is 120 cm³/mol. The monoisotopic (exact) mass is 504 g/mol. The molecule has 158 valence electrons. The van der Waals surface area contributed by atoms with Gasteiger partial charge in [-0.2, -0.15) is 0 Å². The molecule has 1 aliphatic carbocycles. The van der Waals surface area contributed by atoms with Crippen molar-refractivity contribution in [3.05, 3.63) is 23.9 Å². The zero-order chi connectivity index (χ0) is 18.7. The van der Waals surface area contributed by atoms with Gasteiger partial charge < -0.3 is 24.8 Å². The van der Waals surface area contributed by atoms with E-state index in [1.54, 1.807) is 0 Å². The summed E-state index contributed by atoms with van der Waals surface area (Å²) in [6.45, 7) is 7.39. The zero-order valence-corrected chi connectivity index (χ0v) is 19.0. The highest BCUT2D eigenvalue weighted by atomic mass is 127. The van der Waals surface area contributed by atoms with Crippen LogP contribution in [0.2, 0.25) is 0 Å². The van der Waals surface area contributed by atoms with Crippen LogP contribution in [0.1, 0.15) is 38.2 Å². The summed E-state index contributed by atoms with van der Waals surface area (Å²) in [4.78, 5) is 8.99. The molecule has 2 heterocycles. The number of halogens is 1. The minimum absolute atomic E-state index is 0. The summed E-state index contributed by atoms with van der Waals surface area (Å²) in [7, 11) is 0. The Kier molecular flexibility index (Phi) is 10.9. The van der Waals surface area contributed by atoms with Crippen molar-refractivity contribution in [3.8, 4) is 5.88 Å². The maximum absolute atomic E-state index is 5.78. The van der Waals surface area contributed by atoms with E-state index in [9.17, 15) is 0 Å². The van der Waals surface area contributed by atoms with Crippen LogP contribution in [-0.4, -0.2) is 56.6 Å². The molecule has 2 fully saturated rings. The second-order valence-corrected chi connectivity index (χ2v) is 7.09. The molecule has 0 amide bonds. The van der Waals surface area contributed by atoms with Crippen molar-refractivity contribution < 1.29 is 14.2 Å². The number of pyridine rings is 1. The second kappa shape index (κ2) is 13.2. The van der Waals surface area contributed by atoms with Crippen molar-refractivity contribution in [2.75, 3.05) is 39.5 Å². The molecule has 0 spiro atoms. The Labute approximate surface area is 185 Å². The fourth-order valence-corrected chi connectivity index (χ4v) is 2.76. The molecule has 7 nitrogen and oxygen atoms in total. The highest BCUT2D eigenvalue weighted by molar-refractivity contribution is 14.0. The third-order valence-corrected chi connectivity index (χ3v) is 4.58. The zero-order valence-electron chi connectivity index (χ0n) is 16.7. The second-order valence-electron chi connectivity index (χ2n) is 7.09. The Morgan fingerprint density at radius 1 is 1.29 bits per heavy atom. The lowest BCUT2D eigenvalue weighted by atomic mass is 10.3. The van der Waals surface area contributed by atoms with E-state index in [1.807, 2.05) is 18.3 Å². The molecule has 0 bridgehead atoms. The molecule has 2 N–H and O–H groups in total. The van der Waals surface area contributed by atoms with Gasteiger partial charge in [-0.15, -0.1) is 24.0 Å². The lowest BCUT2D eigenvalue weighted by Crippen LogP contribution is -2.38. The highest BCUT2D eigenvalue weighted by Crippen LogP contribution is 2.29. The molecular formula is C20H33IN4O3. The van der Waals surface area contributed by atoms with E-state index in [0.717, 1.165) is 69.8 Å². The molecule has 1 saturated carbocycles. The van der Waals surface area contributed by atoms with Crippen molar-refractivity contribution in [2.45, 2.75) is 45.3 Å². The van der Waals surface area contributed by atoms with Gasteiger partial charge in [0.25, 0.3) is 0 Å². The Hall–Kier alpha value is -1.13. The first-order valence-corrected chi connectivity index (χ1v) is 10.1. The summed E-state index contributed by atoms with van der Waals surface area (Å²) in [5.74, 6) is 2.25. The lowest BCUT2D eigenvalue weighted by Gasteiger charge is -2.13. The summed E-state index contributed by atoms with van der Waals surface area (Å²) in [5.41, 5.74) is 1.07. The average molecular weight is 504 g/mol. The number of aromatic nitrogens is 1. The minimum Gasteiger partial charge on any atom is -0.477 e. The van der Waals surface area contributed by atoms with Gasteiger partial charge in [0, 0.05) is 38.6 Å². The van der Waals surface area contributed by atoms with Crippen molar-refractivity contribution in [3.63, 3.8) is 0 Å². The number of rotatable bonds is 11. The number of hydrogen-bond donors (Lipinski definition) is 2. The van der Waals surface area contributed by atoms with E-state index < -0.39 is 0 Å². The van der Waals surface area contributed by atoms with Crippen molar-refractivity contribution in [1.82, 2.24) is 15.6 Å². The Balaban J connectivity index is 0.00000280. The van der Waals surface area contributed by atoms with Crippen LogP contribution in [-0.2, 0) is 16.0 Å². The van der Waals surface area contributed by atoms with Crippen LogP contribution in [0.3, 0.4) is 0 Å². The van der Waals surface area contributed by atoms with Crippen LogP contribution in [0.15, 0.2) is 23.3 Å². The maximum Gasteiger partial charge on any atom is 0.213 e. The maximum atomic E-state index is 5.78. The third-order valence-electron chi connectivity index (χ3n) is 4.58. The van der Waals surface area contributed by atoms with Gasteiger partial charge in [-0.3, -0.25) is 0 Å². The first-order valence-electron chi connectivity index (χ1n) is 10.1. The van der Waals surface area contributed by atoms with Gasteiger partial charge in [0.2, 0.25) is 5.88 Å². The fraction of sp³-hybridized carbons (Fsp3) is 0.700. The first-order chi connectivity index (χ1) is 13.3. The van der Waals surface area contributed by atoms with Crippen LogP contribution in [0.5, 0.6) is 5.88 Å². The number of nitrogens with zero attached hydrogens (tertiary/aromatic N) is 2. The summed E-state index contributed by atoms with van der Waals surface area (Å²) in [6.07, 6.45) is 6.64. The fourth-order valence-electron chi connectivity index (χ4n) is 2.76. The van der Waals surface area contributed by atoms with Gasteiger partial charge in [-0.05, 0) is 44.1 Å². The molecule has 2 aliphatic rings. The number of aliphatic imine (C=N–C) groups is 1. The van der Waals surface area contributed by atoms with E-state index in [-0.39, 0.29) is 30.1 Å². The topological polar surface area (TPSA) is 77.0 Å². The van der Waals surface area contributed by atoms with Crippen LogP contribution >= 0.6 is 24.0 Å². The van der Waals surface area contributed by atoms with Gasteiger partial charge in [0.15, 0.2) is 5.96 Å². The molecule has 1 saturated heterocycles. The molecule has 1 aromatic rings. The highest BCUT2D eigenvalue weighted by Gasteiger charge is 2.22. The standard InChI is InChI=1S/C20H32N4O3.HI/c1-2-21-20(22-9-3-10-26-18-8-11-25-15-18)24-13-17-6-7-19(23-12-17)27-14-16-4-5-16;/h6-7,12,16,18H,2-5,8-11,13-15H2,1H3,(H2,21,22,24);1H. The van der Waals surface area contributed by atoms with Crippen molar-refractivity contribution >= 4 is 29.9 Å². The largest absolute Gasteiger partial charge is 0.477 e. The molecule has 1 aliphatic heterocycles.